The topological polar surface area (TPSA) is 64.8 Å². The molecule has 0 aromatic heterocycles. The fraction of sp³-hybridized carbons (Fsp3) is 0.611. The lowest BCUT2D eigenvalue weighted by atomic mass is 9.87. The highest BCUT2D eigenvalue weighted by molar-refractivity contribution is 5.72. The van der Waals surface area contributed by atoms with E-state index in [0.717, 1.165) is 24.8 Å². The molecule has 1 aromatic rings. The Morgan fingerprint density at radius 3 is 2.52 bits per heavy atom. The van der Waals surface area contributed by atoms with Crippen molar-refractivity contribution in [3.63, 3.8) is 0 Å². The van der Waals surface area contributed by atoms with Gasteiger partial charge in [-0.1, -0.05) is 0 Å². The smallest absolute Gasteiger partial charge is 0.411 e. The summed E-state index contributed by atoms with van der Waals surface area (Å²) in [4.78, 5) is 14.7. The van der Waals surface area contributed by atoms with Gasteiger partial charge in [-0.25, -0.2) is 4.79 Å². The highest BCUT2D eigenvalue weighted by Crippen LogP contribution is 2.53. The van der Waals surface area contributed by atoms with E-state index in [9.17, 15) is 4.79 Å². The Bertz CT molecular complexity index is 644. The molecule has 3 rings (SSSR count). The van der Waals surface area contributed by atoms with Crippen molar-refractivity contribution in [1.29, 1.82) is 0 Å². The minimum atomic E-state index is -0.494. The number of carbonyl (C=O) groups is 1. The summed E-state index contributed by atoms with van der Waals surface area (Å²) in [5, 5.41) is 0. The van der Waals surface area contributed by atoms with Gasteiger partial charge in [0, 0.05) is 0 Å². The number of methoxy groups -OCH3 is 1. The average Bonchev–Trinajstić information content (AvgIpc) is 3.15. The van der Waals surface area contributed by atoms with Crippen LogP contribution in [0.25, 0.3) is 0 Å². The monoisotopic (exact) mass is 318 g/mol. The van der Waals surface area contributed by atoms with Crippen LogP contribution in [0, 0.1) is 0 Å². The fourth-order valence-corrected chi connectivity index (χ4v) is 3.59. The summed E-state index contributed by atoms with van der Waals surface area (Å²) in [7, 11) is 1.61. The zero-order chi connectivity index (χ0) is 17.0. The Hall–Kier alpha value is -1.91. The zero-order valence-electron chi connectivity index (χ0n) is 14.6. The van der Waals surface area contributed by atoms with E-state index in [4.69, 9.17) is 15.2 Å². The molecule has 2 N–H and O–H groups in total. The normalized spacial score (nSPS) is 21.8. The Balaban J connectivity index is 1.99. The summed E-state index contributed by atoms with van der Waals surface area (Å²) in [6.45, 7) is 7.75. The Morgan fingerprint density at radius 2 is 2.00 bits per heavy atom. The predicted molar refractivity (Wildman–Crippen MR) is 89.6 cm³/mol. The molecule has 1 spiro atoms. The van der Waals surface area contributed by atoms with Crippen LogP contribution in [0.15, 0.2) is 12.1 Å². The molecule has 0 bridgehead atoms. The van der Waals surface area contributed by atoms with E-state index in [1.807, 2.05) is 37.8 Å². The number of nitrogens with two attached hydrogens (primary N) is 1. The number of carbonyl (C=O) groups excluding carboxylic acids is 1. The van der Waals surface area contributed by atoms with Crippen LogP contribution < -0.4 is 10.5 Å². The van der Waals surface area contributed by atoms with Crippen molar-refractivity contribution < 1.29 is 14.3 Å². The summed E-state index contributed by atoms with van der Waals surface area (Å²) >= 11 is 0. The van der Waals surface area contributed by atoms with Crippen LogP contribution in [-0.4, -0.2) is 29.2 Å². The number of ether oxygens (including phenoxy) is 2. The summed E-state index contributed by atoms with van der Waals surface area (Å²) < 4.78 is 11.0. The van der Waals surface area contributed by atoms with E-state index < -0.39 is 5.60 Å². The van der Waals surface area contributed by atoms with Crippen molar-refractivity contribution in [3.8, 4) is 5.75 Å². The first kappa shape index (κ1) is 16.0. The van der Waals surface area contributed by atoms with Gasteiger partial charge in [-0.05, 0) is 70.2 Å². The third-order valence-electron chi connectivity index (χ3n) is 4.78. The lowest BCUT2D eigenvalue weighted by molar-refractivity contribution is -0.000706. The Kier molecular flexibility index (Phi) is 3.50. The number of anilines is 1. The molecule has 1 amide bonds. The highest BCUT2D eigenvalue weighted by atomic mass is 16.6. The van der Waals surface area contributed by atoms with Gasteiger partial charge in [0.2, 0.25) is 0 Å². The van der Waals surface area contributed by atoms with Crippen molar-refractivity contribution in [2.75, 3.05) is 12.8 Å². The molecule has 0 saturated heterocycles. The van der Waals surface area contributed by atoms with E-state index in [1.165, 1.54) is 5.56 Å². The van der Waals surface area contributed by atoms with Crippen molar-refractivity contribution in [1.82, 2.24) is 4.90 Å². The maximum absolute atomic E-state index is 12.8. The van der Waals surface area contributed by atoms with Crippen molar-refractivity contribution >= 4 is 11.8 Å². The number of hydrogen-bond acceptors (Lipinski definition) is 4. The largest absolute Gasteiger partial charge is 0.495 e. The molecule has 1 saturated carbocycles. The fourth-order valence-electron chi connectivity index (χ4n) is 3.59. The minimum absolute atomic E-state index is 0.0504. The molecule has 2 aliphatic rings. The molecule has 0 radical (unpaired) electrons. The van der Waals surface area contributed by atoms with Crippen LogP contribution in [0.5, 0.6) is 5.75 Å². The third-order valence-corrected chi connectivity index (χ3v) is 4.78. The quantitative estimate of drug-likeness (QED) is 0.803. The van der Waals surface area contributed by atoms with Crippen LogP contribution in [0.4, 0.5) is 10.5 Å². The SMILES string of the molecule is COc1cc2c(cc1N)CC1(CC1)N(C(=O)OC(C)(C)C)C2C. The number of nitrogens with zero attached hydrogens (tertiary/aromatic N) is 1. The maximum Gasteiger partial charge on any atom is 0.411 e. The van der Waals surface area contributed by atoms with Crippen molar-refractivity contribution in [2.45, 2.75) is 64.1 Å². The lowest BCUT2D eigenvalue weighted by Gasteiger charge is -2.43. The van der Waals surface area contributed by atoms with E-state index in [2.05, 4.69) is 6.92 Å². The molecule has 1 aliphatic carbocycles. The van der Waals surface area contributed by atoms with Gasteiger partial charge < -0.3 is 15.2 Å². The predicted octanol–water partition coefficient (Wildman–Crippen LogP) is 3.66. The number of amides is 1. The van der Waals surface area contributed by atoms with Gasteiger partial charge in [0.1, 0.15) is 11.4 Å². The van der Waals surface area contributed by atoms with Crippen LogP contribution in [0.2, 0.25) is 0 Å². The van der Waals surface area contributed by atoms with Crippen LogP contribution in [-0.2, 0) is 11.2 Å². The summed E-state index contributed by atoms with van der Waals surface area (Å²) in [5.74, 6) is 0.659. The lowest BCUT2D eigenvalue weighted by Crippen LogP contribution is -2.50. The Morgan fingerprint density at radius 1 is 1.35 bits per heavy atom. The molecule has 5 heteroatoms. The average molecular weight is 318 g/mol. The molecule has 1 atom stereocenters. The summed E-state index contributed by atoms with van der Waals surface area (Å²) in [6, 6.07) is 3.91. The molecule has 1 unspecified atom stereocenters. The minimum Gasteiger partial charge on any atom is -0.495 e. The first-order chi connectivity index (χ1) is 10.7. The zero-order valence-corrected chi connectivity index (χ0v) is 14.6. The van der Waals surface area contributed by atoms with Crippen LogP contribution >= 0.6 is 0 Å². The van der Waals surface area contributed by atoms with Gasteiger partial charge in [0.15, 0.2) is 0 Å². The number of fused-ring (bicyclic) bond motifs is 1. The standard InChI is InChI=1S/C18H26N2O3/c1-11-13-9-15(22-5)14(19)8-12(13)10-18(6-7-18)20(11)16(21)23-17(2,3)4/h8-9,11H,6-7,10,19H2,1-5H3. The molecule has 1 aliphatic heterocycles. The van der Waals surface area contributed by atoms with E-state index in [0.29, 0.717) is 11.4 Å². The molecule has 1 fully saturated rings. The second-order valence-corrected chi connectivity index (χ2v) is 7.72. The van der Waals surface area contributed by atoms with Gasteiger partial charge in [0.25, 0.3) is 0 Å². The molecular weight excluding hydrogens is 292 g/mol. The van der Waals surface area contributed by atoms with E-state index in [-0.39, 0.29) is 17.7 Å². The Labute approximate surface area is 137 Å². The van der Waals surface area contributed by atoms with E-state index >= 15 is 0 Å². The van der Waals surface area contributed by atoms with E-state index in [1.54, 1.807) is 7.11 Å². The highest BCUT2D eigenvalue weighted by Gasteiger charge is 2.56. The van der Waals surface area contributed by atoms with Gasteiger partial charge in [0.05, 0.1) is 24.4 Å². The number of rotatable bonds is 1. The van der Waals surface area contributed by atoms with Gasteiger partial charge in [-0.3, -0.25) is 4.90 Å². The van der Waals surface area contributed by atoms with Gasteiger partial charge >= 0.3 is 6.09 Å². The molecule has 126 valence electrons. The number of benzene rings is 1. The first-order valence-corrected chi connectivity index (χ1v) is 8.15. The summed E-state index contributed by atoms with van der Waals surface area (Å²) in [5.41, 5.74) is 8.43. The van der Waals surface area contributed by atoms with Crippen LogP contribution in [0.1, 0.15) is 57.7 Å². The summed E-state index contributed by atoms with van der Waals surface area (Å²) in [6.07, 6.45) is 2.63. The van der Waals surface area contributed by atoms with Gasteiger partial charge in [-0.2, -0.15) is 0 Å². The second kappa shape index (κ2) is 5.05. The van der Waals surface area contributed by atoms with Gasteiger partial charge in [-0.15, -0.1) is 0 Å². The van der Waals surface area contributed by atoms with Crippen molar-refractivity contribution in [3.05, 3.63) is 23.3 Å². The second-order valence-electron chi connectivity index (χ2n) is 7.72. The third kappa shape index (κ3) is 2.73. The molecule has 23 heavy (non-hydrogen) atoms. The molecule has 1 heterocycles. The molecular formula is C18H26N2O3. The van der Waals surface area contributed by atoms with Crippen LogP contribution in [0.3, 0.4) is 0 Å². The van der Waals surface area contributed by atoms with Crippen molar-refractivity contribution in [2.24, 2.45) is 0 Å². The molecule has 5 nitrogen and oxygen atoms in total. The maximum atomic E-state index is 12.8. The molecule has 1 aromatic carbocycles. The number of hydrogen-bond donors (Lipinski definition) is 1. The first-order valence-electron chi connectivity index (χ1n) is 8.15. The number of nitrogen functional groups attached to an aromatic ring is 1.